The normalized spacial score (nSPS) is 10.8. The van der Waals surface area contributed by atoms with Crippen LogP contribution in [0.1, 0.15) is 23.0 Å². The molecule has 0 aliphatic carbocycles. The van der Waals surface area contributed by atoms with Gasteiger partial charge in [0.25, 0.3) is 0 Å². The van der Waals surface area contributed by atoms with Crippen molar-refractivity contribution < 1.29 is 9.90 Å². The zero-order valence-electron chi connectivity index (χ0n) is 10.6. The van der Waals surface area contributed by atoms with Crippen molar-refractivity contribution in [3.8, 4) is 0 Å². The van der Waals surface area contributed by atoms with E-state index in [0.29, 0.717) is 4.88 Å². The summed E-state index contributed by atoms with van der Waals surface area (Å²) in [5, 5.41) is 9.93. The highest BCUT2D eigenvalue weighted by Gasteiger charge is 2.11. The number of carbonyl (C=O) groups is 1. The van der Waals surface area contributed by atoms with E-state index in [1.54, 1.807) is 6.07 Å². The Morgan fingerprint density at radius 3 is 2.53 bits per heavy atom. The first-order chi connectivity index (χ1) is 8.04. The number of hydrogen-bond donors (Lipinski definition) is 1. The monoisotopic (exact) mass is 256 g/mol. The van der Waals surface area contributed by atoms with Gasteiger partial charge in [0.2, 0.25) is 0 Å². The molecule has 0 aromatic carbocycles. The van der Waals surface area contributed by atoms with Crippen molar-refractivity contribution in [2.45, 2.75) is 13.3 Å². The number of rotatable bonds is 7. The van der Waals surface area contributed by atoms with Crippen molar-refractivity contribution in [3.05, 3.63) is 17.0 Å². The van der Waals surface area contributed by atoms with Crippen molar-refractivity contribution in [2.24, 2.45) is 0 Å². The molecule has 0 atom stereocenters. The van der Waals surface area contributed by atoms with Crippen LogP contribution in [0.15, 0.2) is 12.1 Å². The molecule has 1 heterocycles. The Balaban J connectivity index is 2.56. The van der Waals surface area contributed by atoms with E-state index in [1.807, 2.05) is 6.07 Å². The van der Waals surface area contributed by atoms with Crippen LogP contribution in [0.5, 0.6) is 0 Å². The molecule has 0 fully saturated rings. The molecule has 0 radical (unpaired) electrons. The average Bonchev–Trinajstić information content (AvgIpc) is 2.73. The summed E-state index contributed by atoms with van der Waals surface area (Å²) in [7, 11) is 4.12. The number of aromatic carboxylic acids is 1. The lowest BCUT2D eigenvalue weighted by molar-refractivity contribution is 0.0702. The molecule has 17 heavy (non-hydrogen) atoms. The molecule has 0 aliphatic heterocycles. The predicted molar refractivity (Wildman–Crippen MR) is 72.3 cm³/mol. The predicted octanol–water partition coefficient (Wildman–Crippen LogP) is 2.22. The third-order valence-corrected chi connectivity index (χ3v) is 3.66. The fourth-order valence-corrected chi connectivity index (χ4v) is 2.55. The van der Waals surface area contributed by atoms with Crippen LogP contribution in [0.2, 0.25) is 0 Å². The Morgan fingerprint density at radius 1 is 1.35 bits per heavy atom. The second kappa shape index (κ2) is 6.61. The topological polar surface area (TPSA) is 43.8 Å². The Hall–Kier alpha value is -1.07. The second-order valence-electron chi connectivity index (χ2n) is 4.18. The lowest BCUT2D eigenvalue weighted by Crippen LogP contribution is -2.26. The number of thiophene rings is 1. The highest BCUT2D eigenvalue weighted by Crippen LogP contribution is 2.26. The fraction of sp³-hybridized carbons (Fsp3) is 0.583. The first-order valence-electron chi connectivity index (χ1n) is 5.77. The summed E-state index contributed by atoms with van der Waals surface area (Å²) in [6, 6.07) is 3.57. The standard InChI is InChI=1S/C12H20N2O2S/c1-4-14(9-5-8-13(2)3)11-7-6-10(17-11)12(15)16/h6-7H,4-5,8-9H2,1-3H3,(H,15,16). The summed E-state index contributed by atoms with van der Waals surface area (Å²) in [6.07, 6.45) is 1.08. The molecule has 0 aliphatic rings. The van der Waals surface area contributed by atoms with Gasteiger partial charge < -0.3 is 14.9 Å². The van der Waals surface area contributed by atoms with Crippen molar-refractivity contribution in [3.63, 3.8) is 0 Å². The highest BCUT2D eigenvalue weighted by atomic mass is 32.1. The summed E-state index contributed by atoms with van der Waals surface area (Å²) in [5.74, 6) is -0.842. The molecule has 1 aromatic rings. The van der Waals surface area contributed by atoms with Crippen molar-refractivity contribution in [1.82, 2.24) is 4.90 Å². The fourth-order valence-electron chi connectivity index (χ4n) is 1.61. The summed E-state index contributed by atoms with van der Waals surface area (Å²) < 4.78 is 0. The molecule has 0 saturated carbocycles. The molecule has 0 amide bonds. The van der Waals surface area contributed by atoms with Gasteiger partial charge in [-0.15, -0.1) is 11.3 Å². The number of hydrogen-bond acceptors (Lipinski definition) is 4. The number of nitrogens with zero attached hydrogens (tertiary/aromatic N) is 2. The molecular weight excluding hydrogens is 236 g/mol. The van der Waals surface area contributed by atoms with Gasteiger partial charge >= 0.3 is 5.97 Å². The zero-order valence-corrected chi connectivity index (χ0v) is 11.5. The quantitative estimate of drug-likeness (QED) is 0.812. The first-order valence-corrected chi connectivity index (χ1v) is 6.59. The lowest BCUT2D eigenvalue weighted by atomic mass is 10.3. The SMILES string of the molecule is CCN(CCCN(C)C)c1ccc(C(=O)O)s1. The molecule has 0 bridgehead atoms. The van der Waals surface area contributed by atoms with E-state index in [2.05, 4.69) is 30.8 Å². The van der Waals surface area contributed by atoms with Crippen molar-refractivity contribution >= 4 is 22.3 Å². The van der Waals surface area contributed by atoms with Crippen molar-refractivity contribution in [2.75, 3.05) is 38.6 Å². The summed E-state index contributed by atoms with van der Waals surface area (Å²) >= 11 is 1.35. The minimum Gasteiger partial charge on any atom is -0.477 e. The molecule has 5 heteroatoms. The van der Waals surface area contributed by atoms with E-state index in [9.17, 15) is 4.79 Å². The van der Waals surface area contributed by atoms with E-state index in [1.165, 1.54) is 11.3 Å². The maximum atomic E-state index is 10.8. The summed E-state index contributed by atoms with van der Waals surface area (Å²) in [6.45, 7) is 5.02. The Kier molecular flexibility index (Phi) is 5.44. The molecule has 1 rings (SSSR count). The molecule has 0 unspecified atom stereocenters. The molecule has 96 valence electrons. The van der Waals surface area contributed by atoms with Gasteiger partial charge in [-0.3, -0.25) is 0 Å². The van der Waals surface area contributed by atoms with Crippen LogP contribution in [0, 0.1) is 0 Å². The molecule has 0 saturated heterocycles. The van der Waals surface area contributed by atoms with Crippen LogP contribution in [0.3, 0.4) is 0 Å². The highest BCUT2D eigenvalue weighted by molar-refractivity contribution is 7.17. The molecule has 1 N–H and O–H groups in total. The average molecular weight is 256 g/mol. The van der Waals surface area contributed by atoms with E-state index < -0.39 is 5.97 Å². The summed E-state index contributed by atoms with van der Waals surface area (Å²) in [4.78, 5) is 15.6. The second-order valence-corrected chi connectivity index (χ2v) is 5.24. The summed E-state index contributed by atoms with van der Waals surface area (Å²) in [5.41, 5.74) is 0. The Bertz CT molecular complexity index is 363. The maximum absolute atomic E-state index is 10.8. The Morgan fingerprint density at radius 2 is 2.06 bits per heavy atom. The van der Waals surface area contributed by atoms with Crippen LogP contribution in [-0.2, 0) is 0 Å². The van der Waals surface area contributed by atoms with Gasteiger partial charge in [-0.05, 0) is 46.1 Å². The van der Waals surface area contributed by atoms with Crippen LogP contribution in [-0.4, -0.2) is 49.7 Å². The zero-order chi connectivity index (χ0) is 12.8. The lowest BCUT2D eigenvalue weighted by Gasteiger charge is -2.21. The third kappa shape index (κ3) is 4.36. The van der Waals surface area contributed by atoms with Gasteiger partial charge in [0.15, 0.2) is 0 Å². The van der Waals surface area contributed by atoms with Gasteiger partial charge in [0.05, 0.1) is 5.00 Å². The molecular formula is C12H20N2O2S. The number of carboxylic acids is 1. The molecule has 0 spiro atoms. The van der Waals surface area contributed by atoms with Gasteiger partial charge in [-0.25, -0.2) is 4.79 Å². The van der Waals surface area contributed by atoms with Crippen LogP contribution in [0.4, 0.5) is 5.00 Å². The van der Waals surface area contributed by atoms with E-state index in [4.69, 9.17) is 5.11 Å². The molecule has 1 aromatic heterocycles. The van der Waals surface area contributed by atoms with E-state index in [0.717, 1.165) is 31.1 Å². The third-order valence-electron chi connectivity index (χ3n) is 2.53. The van der Waals surface area contributed by atoms with Crippen LogP contribution < -0.4 is 4.90 Å². The van der Waals surface area contributed by atoms with Crippen LogP contribution in [0.25, 0.3) is 0 Å². The van der Waals surface area contributed by atoms with E-state index >= 15 is 0 Å². The molecule has 4 nitrogen and oxygen atoms in total. The van der Waals surface area contributed by atoms with Gasteiger partial charge in [0, 0.05) is 13.1 Å². The van der Waals surface area contributed by atoms with Gasteiger partial charge in [-0.1, -0.05) is 0 Å². The maximum Gasteiger partial charge on any atom is 0.345 e. The first kappa shape index (κ1) is 14.0. The van der Waals surface area contributed by atoms with Crippen LogP contribution >= 0.6 is 11.3 Å². The minimum absolute atomic E-state index is 0.408. The van der Waals surface area contributed by atoms with Gasteiger partial charge in [0.1, 0.15) is 4.88 Å². The smallest absolute Gasteiger partial charge is 0.345 e. The van der Waals surface area contributed by atoms with Gasteiger partial charge in [-0.2, -0.15) is 0 Å². The van der Waals surface area contributed by atoms with Crippen molar-refractivity contribution in [1.29, 1.82) is 0 Å². The van der Waals surface area contributed by atoms with E-state index in [-0.39, 0.29) is 0 Å². The largest absolute Gasteiger partial charge is 0.477 e. The Labute approximate surface area is 106 Å². The number of anilines is 1. The minimum atomic E-state index is -0.842. The number of carboxylic acid groups (broad SMARTS) is 1.